The molecule has 0 radical (unpaired) electrons. The summed E-state index contributed by atoms with van der Waals surface area (Å²) in [6.45, 7) is 3.28. The molecule has 0 spiro atoms. The zero-order valence-electron chi connectivity index (χ0n) is 19.4. The van der Waals surface area contributed by atoms with Gasteiger partial charge in [0.05, 0.1) is 11.6 Å². The number of benzene rings is 1. The van der Waals surface area contributed by atoms with Crippen LogP contribution in [0.5, 0.6) is 0 Å². The largest absolute Gasteiger partial charge is 0.416 e. The van der Waals surface area contributed by atoms with Crippen LogP contribution >= 0.6 is 0 Å². The third-order valence-electron chi connectivity index (χ3n) is 5.01. The molecule has 2 aromatic heterocycles. The van der Waals surface area contributed by atoms with Gasteiger partial charge in [-0.2, -0.15) is 13.2 Å². The first-order valence-electron chi connectivity index (χ1n) is 10.4. The van der Waals surface area contributed by atoms with Crippen molar-refractivity contribution in [3.63, 3.8) is 0 Å². The average Bonchev–Trinajstić information content (AvgIpc) is 3.26. The molecule has 0 fully saturated rings. The number of nitrogens with one attached hydrogen (secondary N) is 2. The smallest absolute Gasteiger partial charge is 0.383 e. The summed E-state index contributed by atoms with van der Waals surface area (Å²) in [5.74, 6) is -1.39. The minimum absolute atomic E-state index is 0.0289. The van der Waals surface area contributed by atoms with E-state index in [0.29, 0.717) is 12.1 Å². The lowest BCUT2D eigenvalue weighted by molar-refractivity contribution is -0.138. The Balaban J connectivity index is 1.72. The molecule has 3 aromatic rings. The van der Waals surface area contributed by atoms with Gasteiger partial charge < -0.3 is 25.8 Å². The third kappa shape index (κ3) is 6.12. The van der Waals surface area contributed by atoms with Crippen molar-refractivity contribution in [1.82, 2.24) is 25.3 Å². The Morgan fingerprint density at radius 1 is 1.17 bits per heavy atom. The van der Waals surface area contributed by atoms with Crippen LogP contribution < -0.4 is 16.4 Å². The fraction of sp³-hybridized carbons (Fsp3) is 0.318. The number of nitrogens with zero attached hydrogens (tertiary/aromatic N) is 4. The van der Waals surface area contributed by atoms with Crippen LogP contribution in [0.3, 0.4) is 0 Å². The Morgan fingerprint density at radius 3 is 2.54 bits per heavy atom. The highest BCUT2D eigenvalue weighted by Crippen LogP contribution is 2.33. The quantitative estimate of drug-likeness (QED) is 0.458. The summed E-state index contributed by atoms with van der Waals surface area (Å²) >= 11 is 0. The molecule has 1 aromatic carbocycles. The summed E-state index contributed by atoms with van der Waals surface area (Å²) in [7, 11) is 3.61. The first kappa shape index (κ1) is 25.6. The van der Waals surface area contributed by atoms with Crippen LogP contribution in [0, 0.1) is 6.92 Å². The number of hydrogen-bond acceptors (Lipinski definition) is 8. The molecule has 0 aliphatic carbocycles. The van der Waals surface area contributed by atoms with E-state index in [1.165, 1.54) is 31.5 Å². The van der Waals surface area contributed by atoms with Crippen molar-refractivity contribution in [3.8, 4) is 0 Å². The van der Waals surface area contributed by atoms with Crippen molar-refractivity contribution in [2.75, 3.05) is 25.1 Å². The molecule has 2 heterocycles. The number of aromatic nitrogens is 3. The first-order valence-corrected chi connectivity index (χ1v) is 10.4. The van der Waals surface area contributed by atoms with Crippen molar-refractivity contribution < 1.29 is 27.3 Å². The second kappa shape index (κ2) is 10.1. The highest BCUT2D eigenvalue weighted by Gasteiger charge is 2.32. The van der Waals surface area contributed by atoms with Crippen molar-refractivity contribution in [3.05, 3.63) is 64.4 Å². The van der Waals surface area contributed by atoms with Gasteiger partial charge in [-0.15, -0.1) is 0 Å². The van der Waals surface area contributed by atoms with Crippen molar-refractivity contribution >= 4 is 23.3 Å². The first-order chi connectivity index (χ1) is 16.4. The van der Waals surface area contributed by atoms with Gasteiger partial charge in [0, 0.05) is 23.9 Å². The van der Waals surface area contributed by atoms with Crippen LogP contribution in [-0.2, 0) is 12.7 Å². The predicted octanol–water partition coefficient (Wildman–Crippen LogP) is 3.18. The predicted molar refractivity (Wildman–Crippen MR) is 120 cm³/mol. The van der Waals surface area contributed by atoms with E-state index in [2.05, 4.69) is 25.8 Å². The summed E-state index contributed by atoms with van der Waals surface area (Å²) in [5.41, 5.74) is 5.79. The summed E-state index contributed by atoms with van der Waals surface area (Å²) in [5, 5.41) is 8.84. The van der Waals surface area contributed by atoms with E-state index in [0.717, 1.165) is 6.07 Å². The Kier molecular flexibility index (Phi) is 7.39. The van der Waals surface area contributed by atoms with Crippen molar-refractivity contribution in [2.45, 2.75) is 32.6 Å². The van der Waals surface area contributed by atoms with E-state index >= 15 is 0 Å². The highest BCUT2D eigenvalue weighted by atomic mass is 19.4. The number of rotatable bonds is 7. The minimum atomic E-state index is -4.56. The second-order valence-corrected chi connectivity index (χ2v) is 8.12. The molecule has 13 heteroatoms. The van der Waals surface area contributed by atoms with Gasteiger partial charge >= 0.3 is 6.18 Å². The molecule has 0 saturated carbocycles. The number of nitrogens with two attached hydrogens (primary N) is 1. The van der Waals surface area contributed by atoms with Crippen molar-refractivity contribution in [1.29, 1.82) is 0 Å². The highest BCUT2D eigenvalue weighted by molar-refractivity contribution is 6.02. The number of halogens is 3. The van der Waals surface area contributed by atoms with Gasteiger partial charge in [0.2, 0.25) is 5.76 Å². The van der Waals surface area contributed by atoms with Crippen LogP contribution in [0.1, 0.15) is 56.4 Å². The lowest BCUT2D eigenvalue weighted by Crippen LogP contribution is -2.30. The molecule has 2 amide bonds. The van der Waals surface area contributed by atoms with Gasteiger partial charge in [-0.25, -0.2) is 9.97 Å². The molecular formula is C22H24F3N7O3. The molecule has 4 N–H and O–H groups in total. The van der Waals surface area contributed by atoms with E-state index in [1.54, 1.807) is 21.0 Å². The van der Waals surface area contributed by atoms with E-state index in [9.17, 15) is 22.8 Å². The Morgan fingerprint density at radius 2 is 1.89 bits per heavy atom. The van der Waals surface area contributed by atoms with Gasteiger partial charge in [-0.3, -0.25) is 9.59 Å². The van der Waals surface area contributed by atoms with Crippen molar-refractivity contribution in [2.24, 2.45) is 0 Å². The van der Waals surface area contributed by atoms with Crippen LogP contribution in [0.15, 0.2) is 35.1 Å². The van der Waals surface area contributed by atoms with Crippen LogP contribution in [0.2, 0.25) is 0 Å². The zero-order valence-corrected chi connectivity index (χ0v) is 19.4. The lowest BCUT2D eigenvalue weighted by Gasteiger charge is -2.16. The molecule has 0 bridgehead atoms. The van der Waals surface area contributed by atoms with E-state index in [4.69, 9.17) is 10.3 Å². The Hall–Kier alpha value is -4.00. The van der Waals surface area contributed by atoms with Crippen LogP contribution in [-0.4, -0.2) is 45.9 Å². The maximum atomic E-state index is 13.1. The molecule has 3 rings (SSSR count). The van der Waals surface area contributed by atoms with Gasteiger partial charge in [-0.05, 0) is 45.6 Å². The van der Waals surface area contributed by atoms with Gasteiger partial charge in [0.25, 0.3) is 11.8 Å². The topological polar surface area (TPSA) is 139 Å². The van der Waals surface area contributed by atoms with Gasteiger partial charge in [-0.1, -0.05) is 11.2 Å². The molecule has 0 aliphatic rings. The second-order valence-electron chi connectivity index (χ2n) is 8.12. The number of carbonyl (C=O) groups is 2. The molecule has 0 unspecified atom stereocenters. The maximum Gasteiger partial charge on any atom is 0.416 e. The number of amides is 2. The van der Waals surface area contributed by atoms with Gasteiger partial charge in [0.1, 0.15) is 23.5 Å². The zero-order chi connectivity index (χ0) is 25.9. The molecule has 0 aliphatic heterocycles. The average molecular weight is 491 g/mol. The fourth-order valence-electron chi connectivity index (χ4n) is 3.23. The minimum Gasteiger partial charge on any atom is -0.383 e. The van der Waals surface area contributed by atoms with E-state index < -0.39 is 29.6 Å². The summed E-state index contributed by atoms with van der Waals surface area (Å²) in [4.78, 5) is 35.0. The van der Waals surface area contributed by atoms with Gasteiger partial charge in [0.15, 0.2) is 0 Å². The van der Waals surface area contributed by atoms with Crippen LogP contribution in [0.25, 0.3) is 0 Å². The summed E-state index contributed by atoms with van der Waals surface area (Å²) in [6, 6.07) is 4.04. The molecule has 1 atom stereocenters. The lowest BCUT2D eigenvalue weighted by atomic mass is 10.1. The van der Waals surface area contributed by atoms with E-state index in [-0.39, 0.29) is 34.2 Å². The molecule has 35 heavy (non-hydrogen) atoms. The number of aryl methyl sites for hydroxylation is 1. The normalized spacial score (nSPS) is 12.5. The number of nitrogen functional groups attached to an aromatic ring is 1. The number of alkyl halides is 3. The third-order valence-corrected chi connectivity index (χ3v) is 5.01. The Labute approximate surface area is 198 Å². The monoisotopic (exact) mass is 491 g/mol. The SMILES string of the molecule is Cc1ccc(NC(=O)c2cc([C@H](C)NC(=O)c3ncnc(N)c3CN(C)C)no2)cc1C(F)(F)F. The van der Waals surface area contributed by atoms with E-state index in [1.807, 2.05) is 4.90 Å². The standard InChI is InChI=1S/C22H24F3N7O3/c1-11-5-6-13(7-15(11)22(23,24)25)30-20(33)17-8-16(31-35-17)12(2)29-21(34)18-14(9-32(3)4)19(26)28-10-27-18/h5-8,10,12H,9H2,1-4H3,(H,29,34)(H,30,33)(H2,26,27,28)/t12-/m0/s1. The number of carbonyl (C=O) groups excluding carboxylic acids is 2. The molecule has 10 nitrogen and oxygen atoms in total. The molecule has 0 saturated heterocycles. The molecule has 186 valence electrons. The summed E-state index contributed by atoms with van der Waals surface area (Å²) in [6.07, 6.45) is -3.37. The maximum absolute atomic E-state index is 13.1. The Bertz CT molecular complexity index is 1240. The van der Waals surface area contributed by atoms with Crippen LogP contribution in [0.4, 0.5) is 24.7 Å². The number of anilines is 2. The number of hydrogen-bond donors (Lipinski definition) is 3. The summed E-state index contributed by atoms with van der Waals surface area (Å²) < 4.78 is 44.4. The molecular weight excluding hydrogens is 467 g/mol. The fourth-order valence-corrected chi connectivity index (χ4v) is 3.23.